The Morgan fingerprint density at radius 2 is 1.41 bits per heavy atom. The third kappa shape index (κ3) is 5.93. The second kappa shape index (κ2) is 10.1. The zero-order valence-corrected chi connectivity index (χ0v) is 17.7. The number of unbranched alkanes of at least 4 members (excludes halogenated alkanes) is 1. The van der Waals surface area contributed by atoms with Crippen molar-refractivity contribution in [2.45, 2.75) is 64.0 Å². The maximum atomic E-state index is 14.8. The molecular weight excluding hydrogens is 433 g/mol. The van der Waals surface area contributed by atoms with Crippen LogP contribution in [0.3, 0.4) is 0 Å². The number of hydrogen-bond acceptors (Lipinski definition) is 0. The monoisotopic (exact) mass is 458 g/mol. The number of halogens is 7. The lowest BCUT2D eigenvalue weighted by atomic mass is 9.77. The Labute approximate surface area is 183 Å². The topological polar surface area (TPSA) is 0 Å². The fourth-order valence-electron chi connectivity index (χ4n) is 4.45. The molecule has 0 aromatic heterocycles. The van der Waals surface area contributed by atoms with E-state index in [4.69, 9.17) is 0 Å². The highest BCUT2D eigenvalue weighted by molar-refractivity contribution is 5.68. The summed E-state index contributed by atoms with van der Waals surface area (Å²) in [5.74, 6) is -3.93. The van der Waals surface area contributed by atoms with Crippen LogP contribution < -0.4 is 0 Å². The molecule has 1 fully saturated rings. The van der Waals surface area contributed by atoms with Crippen molar-refractivity contribution in [3.63, 3.8) is 0 Å². The number of rotatable bonds is 6. The van der Waals surface area contributed by atoms with E-state index in [2.05, 4.69) is 6.92 Å². The first-order valence-electron chi connectivity index (χ1n) is 10.8. The Morgan fingerprint density at radius 1 is 0.844 bits per heavy atom. The van der Waals surface area contributed by atoms with Crippen LogP contribution in [0.1, 0.15) is 68.9 Å². The number of benzene rings is 2. The van der Waals surface area contributed by atoms with E-state index < -0.39 is 46.1 Å². The molecule has 0 nitrogen and oxygen atoms in total. The van der Waals surface area contributed by atoms with Gasteiger partial charge in [0.05, 0.1) is 5.56 Å². The normalized spacial score (nSPS) is 19.6. The number of allylic oxidation sites excluding steroid dienone is 1. The minimum Gasteiger partial charge on any atom is -0.206 e. The van der Waals surface area contributed by atoms with Gasteiger partial charge in [-0.05, 0) is 79.0 Å². The minimum atomic E-state index is -4.75. The lowest BCUT2D eigenvalue weighted by molar-refractivity contribution is -0.0790. The largest absolute Gasteiger partial charge is 0.409 e. The molecule has 0 unspecified atom stereocenters. The van der Waals surface area contributed by atoms with Gasteiger partial charge in [-0.15, -0.1) is 0 Å². The van der Waals surface area contributed by atoms with Gasteiger partial charge in [-0.2, -0.15) is 13.2 Å². The predicted molar refractivity (Wildman–Crippen MR) is 111 cm³/mol. The minimum absolute atomic E-state index is 0.0225. The zero-order valence-electron chi connectivity index (χ0n) is 17.7. The molecular formula is C25H25F7. The molecule has 32 heavy (non-hydrogen) atoms. The Balaban J connectivity index is 1.84. The van der Waals surface area contributed by atoms with Crippen molar-refractivity contribution >= 4 is 6.08 Å². The van der Waals surface area contributed by atoms with Gasteiger partial charge in [-0.3, -0.25) is 0 Å². The molecule has 0 aliphatic heterocycles. The van der Waals surface area contributed by atoms with Crippen LogP contribution in [0.2, 0.25) is 0 Å². The van der Waals surface area contributed by atoms with Crippen molar-refractivity contribution in [2.75, 3.05) is 0 Å². The molecule has 0 bridgehead atoms. The van der Waals surface area contributed by atoms with E-state index >= 15 is 0 Å². The SMILES string of the molecule is CCCCC1CCC(c2cc(F)c(-c3cc(F)c(/C=C/C(F)(F)F)c(F)c3)c(F)c2)CC1. The van der Waals surface area contributed by atoms with E-state index in [1.807, 2.05) is 0 Å². The van der Waals surface area contributed by atoms with Gasteiger partial charge in [0.2, 0.25) is 0 Å². The highest BCUT2D eigenvalue weighted by Crippen LogP contribution is 2.40. The first-order chi connectivity index (χ1) is 15.1. The summed E-state index contributed by atoms with van der Waals surface area (Å²) in [7, 11) is 0. The third-order valence-corrected chi connectivity index (χ3v) is 6.16. The highest BCUT2D eigenvalue weighted by Gasteiger charge is 2.26. The van der Waals surface area contributed by atoms with Crippen molar-refractivity contribution in [1.29, 1.82) is 0 Å². The molecule has 0 amide bonds. The molecule has 7 heteroatoms. The Kier molecular flexibility index (Phi) is 7.67. The average Bonchev–Trinajstić information content (AvgIpc) is 2.70. The average molecular weight is 458 g/mol. The van der Waals surface area contributed by atoms with Gasteiger partial charge in [0.25, 0.3) is 0 Å². The summed E-state index contributed by atoms with van der Waals surface area (Å²) in [5, 5.41) is 0. The maximum absolute atomic E-state index is 14.8. The summed E-state index contributed by atoms with van der Waals surface area (Å²) in [6, 6.07) is 3.67. The van der Waals surface area contributed by atoms with Crippen molar-refractivity contribution in [2.24, 2.45) is 5.92 Å². The highest BCUT2D eigenvalue weighted by atomic mass is 19.4. The second-order valence-corrected chi connectivity index (χ2v) is 8.45. The van der Waals surface area contributed by atoms with Crippen molar-refractivity contribution in [1.82, 2.24) is 0 Å². The van der Waals surface area contributed by atoms with Gasteiger partial charge in [-0.1, -0.05) is 26.2 Å². The van der Waals surface area contributed by atoms with Crippen LogP contribution in [-0.2, 0) is 0 Å². The molecule has 1 aliphatic rings. The predicted octanol–water partition coefficient (Wildman–Crippen LogP) is 8.95. The second-order valence-electron chi connectivity index (χ2n) is 8.45. The van der Waals surface area contributed by atoms with Gasteiger partial charge in [0.1, 0.15) is 23.3 Å². The molecule has 3 rings (SSSR count). The third-order valence-electron chi connectivity index (χ3n) is 6.16. The maximum Gasteiger partial charge on any atom is 0.409 e. The molecule has 1 saturated carbocycles. The van der Waals surface area contributed by atoms with E-state index in [-0.39, 0.29) is 18.1 Å². The van der Waals surface area contributed by atoms with Crippen molar-refractivity contribution in [3.05, 3.63) is 64.7 Å². The summed E-state index contributed by atoms with van der Waals surface area (Å²) in [4.78, 5) is 0. The van der Waals surface area contributed by atoms with E-state index in [0.717, 1.165) is 38.5 Å². The smallest absolute Gasteiger partial charge is 0.206 e. The molecule has 0 heterocycles. The van der Waals surface area contributed by atoms with Gasteiger partial charge < -0.3 is 0 Å². The summed E-state index contributed by atoms with van der Waals surface area (Å²) in [6.45, 7) is 2.14. The first kappa shape index (κ1) is 24.3. The van der Waals surface area contributed by atoms with E-state index in [9.17, 15) is 30.7 Å². The Bertz CT molecular complexity index is 921. The number of hydrogen-bond donors (Lipinski definition) is 0. The molecule has 0 saturated heterocycles. The van der Waals surface area contributed by atoms with Crippen LogP contribution in [0.15, 0.2) is 30.3 Å². The van der Waals surface area contributed by atoms with Gasteiger partial charge in [-0.25, -0.2) is 17.6 Å². The molecule has 0 atom stereocenters. The van der Waals surface area contributed by atoms with Crippen LogP contribution in [0.4, 0.5) is 30.7 Å². The van der Waals surface area contributed by atoms with Gasteiger partial charge in [0.15, 0.2) is 0 Å². The van der Waals surface area contributed by atoms with Crippen molar-refractivity contribution < 1.29 is 30.7 Å². The number of alkyl halides is 3. The fraction of sp³-hybridized carbons (Fsp3) is 0.440. The van der Waals surface area contributed by atoms with E-state index in [1.165, 1.54) is 18.6 Å². The van der Waals surface area contributed by atoms with Crippen LogP contribution in [0.5, 0.6) is 0 Å². The molecule has 2 aromatic carbocycles. The van der Waals surface area contributed by atoms with Crippen LogP contribution in [0.25, 0.3) is 17.2 Å². The molecule has 1 aliphatic carbocycles. The summed E-state index contributed by atoms with van der Waals surface area (Å²) < 4.78 is 95.0. The van der Waals surface area contributed by atoms with Crippen LogP contribution in [0, 0.1) is 29.2 Å². The molecule has 0 spiro atoms. The fourth-order valence-corrected chi connectivity index (χ4v) is 4.45. The molecule has 0 radical (unpaired) electrons. The molecule has 0 N–H and O–H groups in total. The van der Waals surface area contributed by atoms with Crippen molar-refractivity contribution in [3.8, 4) is 11.1 Å². The molecule has 2 aromatic rings. The van der Waals surface area contributed by atoms with E-state index in [1.54, 1.807) is 0 Å². The van der Waals surface area contributed by atoms with Gasteiger partial charge in [0, 0.05) is 11.6 Å². The first-order valence-corrected chi connectivity index (χ1v) is 10.8. The summed E-state index contributed by atoms with van der Waals surface area (Å²) in [6.07, 6.45) is 2.33. The summed E-state index contributed by atoms with van der Waals surface area (Å²) in [5.41, 5.74) is -1.42. The quantitative estimate of drug-likeness (QED) is 0.379. The standard InChI is InChI=1S/C25H25F7/c1-2-3-4-15-5-7-16(8-6-15)17-11-22(28)24(23(29)12-17)18-13-20(26)19(21(27)14-18)9-10-25(30,31)32/h9-16H,2-8H2,1H3/b10-9+. The Hall–Kier alpha value is -2.31. The zero-order chi connectivity index (χ0) is 23.5. The Morgan fingerprint density at radius 3 is 1.91 bits per heavy atom. The summed E-state index contributed by atoms with van der Waals surface area (Å²) >= 11 is 0. The molecule has 174 valence electrons. The van der Waals surface area contributed by atoms with E-state index in [0.29, 0.717) is 23.6 Å². The lowest BCUT2D eigenvalue weighted by Crippen LogP contribution is -2.14. The van der Waals surface area contributed by atoms with Crippen LogP contribution >= 0.6 is 0 Å². The van der Waals surface area contributed by atoms with Gasteiger partial charge >= 0.3 is 6.18 Å². The van der Waals surface area contributed by atoms with Crippen LogP contribution in [-0.4, -0.2) is 6.18 Å². The lowest BCUT2D eigenvalue weighted by Gasteiger charge is -2.29.